The molecule has 124 valence electrons. The van der Waals surface area contributed by atoms with Crippen LogP contribution in [0.1, 0.15) is 32.3 Å². The largest absolute Gasteiger partial charge is 0.339 e. The number of carbonyl (C=O) groups is 3. The van der Waals surface area contributed by atoms with Crippen LogP contribution in [-0.4, -0.2) is 53.7 Å². The number of nitrogens with one attached hydrogen (secondary N) is 1. The fourth-order valence-corrected chi connectivity index (χ4v) is 2.50. The van der Waals surface area contributed by atoms with Crippen LogP contribution in [0.3, 0.4) is 0 Å². The van der Waals surface area contributed by atoms with Gasteiger partial charge in [0.2, 0.25) is 5.91 Å². The van der Waals surface area contributed by atoms with Gasteiger partial charge >= 0.3 is 11.8 Å². The van der Waals surface area contributed by atoms with Gasteiger partial charge in [0.25, 0.3) is 0 Å². The molecule has 0 aromatic heterocycles. The Hall–Kier alpha value is -2.37. The molecule has 0 spiro atoms. The normalized spacial score (nSPS) is 14.8. The summed E-state index contributed by atoms with van der Waals surface area (Å²) in [7, 11) is 0. The van der Waals surface area contributed by atoms with Crippen LogP contribution >= 0.6 is 0 Å². The number of hydrogen-bond acceptors (Lipinski definition) is 3. The number of anilines is 1. The van der Waals surface area contributed by atoms with Gasteiger partial charge in [-0.2, -0.15) is 0 Å². The summed E-state index contributed by atoms with van der Waals surface area (Å²) in [4.78, 5) is 38.7. The molecule has 6 nitrogen and oxygen atoms in total. The highest BCUT2D eigenvalue weighted by Crippen LogP contribution is 2.17. The zero-order valence-electron chi connectivity index (χ0n) is 13.8. The van der Waals surface area contributed by atoms with E-state index in [4.69, 9.17) is 0 Å². The SMILES string of the molecule is CC(=O)N1CCN(C(=O)C(=O)Nc2ccc(C(C)C)cc2)CC1. The molecule has 2 rings (SSSR count). The van der Waals surface area contributed by atoms with Gasteiger partial charge in [0.05, 0.1) is 0 Å². The second kappa shape index (κ2) is 7.26. The Morgan fingerprint density at radius 3 is 1.96 bits per heavy atom. The van der Waals surface area contributed by atoms with Crippen LogP contribution in [0, 0.1) is 0 Å². The van der Waals surface area contributed by atoms with Crippen molar-refractivity contribution in [2.45, 2.75) is 26.7 Å². The number of hydrogen-bond donors (Lipinski definition) is 1. The predicted octanol–water partition coefficient (Wildman–Crippen LogP) is 1.44. The maximum absolute atomic E-state index is 12.2. The lowest BCUT2D eigenvalue weighted by Gasteiger charge is -2.33. The van der Waals surface area contributed by atoms with Crippen molar-refractivity contribution < 1.29 is 14.4 Å². The van der Waals surface area contributed by atoms with E-state index in [1.54, 1.807) is 17.0 Å². The van der Waals surface area contributed by atoms with Gasteiger partial charge in [0.15, 0.2) is 0 Å². The first-order chi connectivity index (χ1) is 10.9. The molecule has 1 aromatic carbocycles. The van der Waals surface area contributed by atoms with Crippen molar-refractivity contribution in [1.82, 2.24) is 9.80 Å². The Labute approximate surface area is 136 Å². The van der Waals surface area contributed by atoms with E-state index in [2.05, 4.69) is 19.2 Å². The average molecular weight is 317 g/mol. The quantitative estimate of drug-likeness (QED) is 0.839. The predicted molar refractivity (Wildman–Crippen MR) is 88.0 cm³/mol. The van der Waals surface area contributed by atoms with E-state index in [1.807, 2.05) is 12.1 Å². The fourth-order valence-electron chi connectivity index (χ4n) is 2.50. The highest BCUT2D eigenvalue weighted by Gasteiger charge is 2.26. The van der Waals surface area contributed by atoms with Crippen LogP contribution in [0.25, 0.3) is 0 Å². The lowest BCUT2D eigenvalue weighted by Crippen LogP contribution is -2.52. The van der Waals surface area contributed by atoms with Crippen LogP contribution < -0.4 is 5.32 Å². The van der Waals surface area contributed by atoms with E-state index in [0.717, 1.165) is 0 Å². The smallest absolute Gasteiger partial charge is 0.313 e. The number of benzene rings is 1. The second-order valence-corrected chi connectivity index (χ2v) is 6.03. The minimum Gasteiger partial charge on any atom is -0.339 e. The number of rotatable bonds is 2. The third-order valence-corrected chi connectivity index (χ3v) is 4.04. The molecule has 3 amide bonds. The van der Waals surface area contributed by atoms with E-state index in [9.17, 15) is 14.4 Å². The van der Waals surface area contributed by atoms with E-state index in [1.165, 1.54) is 17.4 Å². The van der Waals surface area contributed by atoms with E-state index in [-0.39, 0.29) is 5.91 Å². The lowest BCUT2D eigenvalue weighted by molar-refractivity contribution is -0.145. The first-order valence-electron chi connectivity index (χ1n) is 7.84. The zero-order valence-corrected chi connectivity index (χ0v) is 13.8. The van der Waals surface area contributed by atoms with Gasteiger partial charge in [-0.3, -0.25) is 14.4 Å². The molecule has 1 heterocycles. The number of carbonyl (C=O) groups excluding carboxylic acids is 3. The molecule has 1 N–H and O–H groups in total. The van der Waals surface area contributed by atoms with Crippen LogP contribution in [0.15, 0.2) is 24.3 Å². The summed E-state index contributed by atoms with van der Waals surface area (Å²) in [5, 5.41) is 2.63. The van der Waals surface area contributed by atoms with Crippen molar-refractivity contribution in [3.63, 3.8) is 0 Å². The van der Waals surface area contributed by atoms with E-state index < -0.39 is 11.8 Å². The van der Waals surface area contributed by atoms with Gasteiger partial charge in [0, 0.05) is 38.8 Å². The van der Waals surface area contributed by atoms with Crippen molar-refractivity contribution in [2.24, 2.45) is 0 Å². The third kappa shape index (κ3) is 4.31. The summed E-state index contributed by atoms with van der Waals surface area (Å²) >= 11 is 0. The van der Waals surface area contributed by atoms with E-state index in [0.29, 0.717) is 37.8 Å². The first-order valence-corrected chi connectivity index (χ1v) is 7.84. The Morgan fingerprint density at radius 1 is 0.957 bits per heavy atom. The molecule has 0 aliphatic carbocycles. The third-order valence-electron chi connectivity index (χ3n) is 4.04. The summed E-state index contributed by atoms with van der Waals surface area (Å²) in [5.41, 5.74) is 1.78. The molecular weight excluding hydrogens is 294 g/mol. The molecule has 0 atom stereocenters. The van der Waals surface area contributed by atoms with Gasteiger partial charge in [-0.15, -0.1) is 0 Å². The summed E-state index contributed by atoms with van der Waals surface area (Å²) in [6.45, 7) is 7.41. The Bertz CT molecular complexity index is 588. The van der Waals surface area contributed by atoms with Gasteiger partial charge < -0.3 is 15.1 Å². The first kappa shape index (κ1) is 17.0. The summed E-state index contributed by atoms with van der Waals surface area (Å²) < 4.78 is 0. The molecule has 1 saturated heterocycles. The standard InChI is InChI=1S/C17H23N3O3/c1-12(2)14-4-6-15(7-5-14)18-16(22)17(23)20-10-8-19(9-11-20)13(3)21/h4-7,12H,8-11H2,1-3H3,(H,18,22). The summed E-state index contributed by atoms with van der Waals surface area (Å²) in [6.07, 6.45) is 0. The maximum atomic E-state index is 12.2. The lowest BCUT2D eigenvalue weighted by atomic mass is 10.0. The zero-order chi connectivity index (χ0) is 17.0. The van der Waals surface area contributed by atoms with Gasteiger partial charge in [-0.1, -0.05) is 26.0 Å². The van der Waals surface area contributed by atoms with Crippen molar-refractivity contribution in [3.05, 3.63) is 29.8 Å². The van der Waals surface area contributed by atoms with Crippen LogP contribution in [0.2, 0.25) is 0 Å². The van der Waals surface area contributed by atoms with Gasteiger partial charge in [0.1, 0.15) is 0 Å². The summed E-state index contributed by atoms with van der Waals surface area (Å²) in [5.74, 6) is -0.787. The monoisotopic (exact) mass is 317 g/mol. The number of piperazine rings is 1. The summed E-state index contributed by atoms with van der Waals surface area (Å²) in [6, 6.07) is 7.48. The second-order valence-electron chi connectivity index (χ2n) is 6.03. The molecule has 0 bridgehead atoms. The molecular formula is C17H23N3O3. The van der Waals surface area contributed by atoms with Crippen LogP contribution in [0.5, 0.6) is 0 Å². The number of nitrogens with zero attached hydrogens (tertiary/aromatic N) is 2. The molecule has 1 fully saturated rings. The molecule has 23 heavy (non-hydrogen) atoms. The highest BCUT2D eigenvalue weighted by molar-refractivity contribution is 6.39. The van der Waals surface area contributed by atoms with Crippen molar-refractivity contribution in [1.29, 1.82) is 0 Å². The Kier molecular flexibility index (Phi) is 5.36. The topological polar surface area (TPSA) is 69.7 Å². The van der Waals surface area contributed by atoms with Crippen molar-refractivity contribution in [2.75, 3.05) is 31.5 Å². The van der Waals surface area contributed by atoms with Crippen LogP contribution in [-0.2, 0) is 14.4 Å². The van der Waals surface area contributed by atoms with Crippen molar-refractivity contribution >= 4 is 23.4 Å². The molecule has 1 aliphatic rings. The van der Waals surface area contributed by atoms with Gasteiger partial charge in [-0.25, -0.2) is 0 Å². The van der Waals surface area contributed by atoms with E-state index >= 15 is 0 Å². The molecule has 0 radical (unpaired) electrons. The molecule has 6 heteroatoms. The molecule has 0 unspecified atom stereocenters. The Morgan fingerprint density at radius 2 is 1.48 bits per heavy atom. The number of amides is 3. The fraction of sp³-hybridized carbons (Fsp3) is 0.471. The molecule has 0 saturated carbocycles. The highest BCUT2D eigenvalue weighted by atomic mass is 16.2. The van der Waals surface area contributed by atoms with Crippen LogP contribution in [0.4, 0.5) is 5.69 Å². The van der Waals surface area contributed by atoms with Crippen molar-refractivity contribution in [3.8, 4) is 0 Å². The molecule has 1 aromatic rings. The minimum atomic E-state index is -0.640. The average Bonchev–Trinajstić information content (AvgIpc) is 2.54. The van der Waals surface area contributed by atoms with Gasteiger partial charge in [-0.05, 0) is 23.6 Å². The molecule has 1 aliphatic heterocycles. The minimum absolute atomic E-state index is 0.00760. The maximum Gasteiger partial charge on any atom is 0.313 e. The Balaban J connectivity index is 1.90.